The molecule has 0 saturated carbocycles. The molecule has 0 aliphatic heterocycles. The van der Waals surface area contributed by atoms with Gasteiger partial charge in [0.05, 0.1) is 6.04 Å². The fourth-order valence-electron chi connectivity index (χ4n) is 3.65. The maximum atomic E-state index is 12.1. The fourth-order valence-corrected chi connectivity index (χ4v) is 3.65. The molecule has 2 amide bonds. The Morgan fingerprint density at radius 1 is 1.04 bits per heavy atom. The summed E-state index contributed by atoms with van der Waals surface area (Å²) < 4.78 is 5.48. The summed E-state index contributed by atoms with van der Waals surface area (Å²) in [4.78, 5) is 23.4. The number of fused-ring (bicyclic) bond motifs is 3. The molecule has 4 N–H and O–H groups in total. The van der Waals surface area contributed by atoms with Crippen molar-refractivity contribution in [2.24, 2.45) is 5.73 Å². The monoisotopic (exact) mass is 381 g/mol. The highest BCUT2D eigenvalue weighted by Gasteiger charge is 2.28. The zero-order chi connectivity index (χ0) is 19.9. The summed E-state index contributed by atoms with van der Waals surface area (Å²) in [6.45, 7) is 0.804. The summed E-state index contributed by atoms with van der Waals surface area (Å²) in [7, 11) is 1.57. The van der Waals surface area contributed by atoms with Gasteiger partial charge < -0.3 is 21.1 Å². The lowest BCUT2D eigenvalue weighted by atomic mass is 9.98. The van der Waals surface area contributed by atoms with E-state index in [1.165, 1.54) is 22.3 Å². The Morgan fingerprint density at radius 3 is 2.25 bits per heavy atom. The predicted octanol–water partition coefficient (Wildman–Crippen LogP) is 2.77. The van der Waals surface area contributed by atoms with Crippen LogP contribution in [0.4, 0.5) is 4.79 Å². The van der Waals surface area contributed by atoms with Gasteiger partial charge in [0.15, 0.2) is 0 Å². The second-order valence-corrected chi connectivity index (χ2v) is 6.97. The van der Waals surface area contributed by atoms with Crippen LogP contribution < -0.4 is 16.4 Å². The van der Waals surface area contributed by atoms with Gasteiger partial charge in [-0.3, -0.25) is 4.79 Å². The molecule has 148 valence electrons. The molecule has 0 saturated heterocycles. The van der Waals surface area contributed by atoms with Gasteiger partial charge in [0.25, 0.3) is 0 Å². The van der Waals surface area contributed by atoms with E-state index in [1.54, 1.807) is 7.05 Å². The lowest BCUT2D eigenvalue weighted by molar-refractivity contribution is -0.122. The summed E-state index contributed by atoms with van der Waals surface area (Å²) in [6, 6.07) is 16.0. The number of nitrogens with one attached hydrogen (secondary N) is 2. The first-order chi connectivity index (χ1) is 13.6. The molecular formula is C22H27N3O3. The summed E-state index contributed by atoms with van der Waals surface area (Å²) in [6.07, 6.45) is 1.68. The molecule has 2 aromatic carbocycles. The van der Waals surface area contributed by atoms with Crippen LogP contribution in [0.2, 0.25) is 0 Å². The quantitative estimate of drug-likeness (QED) is 0.613. The lowest BCUT2D eigenvalue weighted by Crippen LogP contribution is -2.38. The summed E-state index contributed by atoms with van der Waals surface area (Å²) in [5.74, 6) is -0.104. The van der Waals surface area contributed by atoms with E-state index in [4.69, 9.17) is 10.5 Å². The van der Waals surface area contributed by atoms with E-state index < -0.39 is 12.1 Å². The number of unbranched alkanes of at least 4 members (excludes halogenated alkanes) is 1. The normalized spacial score (nSPS) is 13.4. The van der Waals surface area contributed by atoms with Crippen molar-refractivity contribution in [1.29, 1.82) is 0 Å². The Morgan fingerprint density at radius 2 is 1.64 bits per heavy atom. The molecular weight excluding hydrogens is 354 g/mol. The van der Waals surface area contributed by atoms with Gasteiger partial charge in [-0.25, -0.2) is 4.79 Å². The van der Waals surface area contributed by atoms with E-state index in [2.05, 4.69) is 34.9 Å². The van der Waals surface area contributed by atoms with E-state index in [1.807, 2.05) is 24.3 Å². The van der Waals surface area contributed by atoms with Gasteiger partial charge in [0.1, 0.15) is 6.61 Å². The average Bonchev–Trinajstić information content (AvgIpc) is 3.05. The maximum absolute atomic E-state index is 12.1. The minimum absolute atomic E-state index is 0.0590. The van der Waals surface area contributed by atoms with Crippen LogP contribution in [0, 0.1) is 0 Å². The molecule has 2 aromatic rings. The Balaban J connectivity index is 1.45. The van der Waals surface area contributed by atoms with Crippen molar-refractivity contribution in [3.05, 3.63) is 59.7 Å². The molecule has 0 radical (unpaired) electrons. The van der Waals surface area contributed by atoms with Crippen LogP contribution in [0.3, 0.4) is 0 Å². The van der Waals surface area contributed by atoms with Crippen molar-refractivity contribution in [2.75, 3.05) is 20.2 Å². The first kappa shape index (κ1) is 19.9. The Bertz CT molecular complexity index is 792. The zero-order valence-electron chi connectivity index (χ0n) is 16.1. The van der Waals surface area contributed by atoms with Crippen molar-refractivity contribution >= 4 is 12.0 Å². The number of amides is 2. The first-order valence-electron chi connectivity index (χ1n) is 9.68. The molecule has 0 spiro atoms. The first-order valence-corrected chi connectivity index (χ1v) is 9.68. The largest absolute Gasteiger partial charge is 0.449 e. The minimum Gasteiger partial charge on any atom is -0.449 e. The van der Waals surface area contributed by atoms with Gasteiger partial charge in [-0.15, -0.1) is 0 Å². The molecule has 0 bridgehead atoms. The number of alkyl carbamates (subject to hydrolysis) is 1. The molecule has 0 heterocycles. The molecule has 0 fully saturated rings. The van der Waals surface area contributed by atoms with E-state index in [-0.39, 0.29) is 11.8 Å². The van der Waals surface area contributed by atoms with Crippen molar-refractivity contribution in [3.8, 4) is 11.1 Å². The van der Waals surface area contributed by atoms with Crippen LogP contribution in [0.25, 0.3) is 11.1 Å². The second-order valence-electron chi connectivity index (χ2n) is 6.97. The van der Waals surface area contributed by atoms with Crippen molar-refractivity contribution in [3.63, 3.8) is 0 Å². The van der Waals surface area contributed by atoms with Gasteiger partial charge in [0, 0.05) is 19.5 Å². The van der Waals surface area contributed by atoms with Crippen LogP contribution in [0.15, 0.2) is 48.5 Å². The molecule has 1 atom stereocenters. The minimum atomic E-state index is -0.501. The van der Waals surface area contributed by atoms with E-state index in [0.29, 0.717) is 19.6 Å². The molecule has 28 heavy (non-hydrogen) atoms. The zero-order valence-corrected chi connectivity index (χ0v) is 16.1. The fraction of sp³-hybridized carbons (Fsp3) is 0.364. The molecule has 1 aliphatic carbocycles. The summed E-state index contributed by atoms with van der Waals surface area (Å²) in [5, 5.41) is 5.30. The molecule has 1 aliphatic rings. The van der Waals surface area contributed by atoms with Gasteiger partial charge in [-0.1, -0.05) is 48.5 Å². The van der Waals surface area contributed by atoms with Gasteiger partial charge in [0.2, 0.25) is 5.91 Å². The van der Waals surface area contributed by atoms with E-state index in [0.717, 1.165) is 12.8 Å². The number of hydrogen-bond acceptors (Lipinski definition) is 4. The SMILES string of the molecule is CNC(=O)C(N)CCCCNC(=O)OCC1c2ccccc2-c2ccccc21. The predicted molar refractivity (Wildman–Crippen MR) is 109 cm³/mol. The van der Waals surface area contributed by atoms with Gasteiger partial charge in [-0.05, 0) is 41.5 Å². The smallest absolute Gasteiger partial charge is 0.407 e. The topological polar surface area (TPSA) is 93.5 Å². The number of likely N-dealkylation sites (N-methyl/N-ethyl adjacent to an activating group) is 1. The van der Waals surface area contributed by atoms with Gasteiger partial charge in [-0.2, -0.15) is 0 Å². The van der Waals surface area contributed by atoms with Gasteiger partial charge >= 0.3 is 6.09 Å². The highest BCUT2D eigenvalue weighted by atomic mass is 16.5. The maximum Gasteiger partial charge on any atom is 0.407 e. The Labute approximate surface area is 165 Å². The lowest BCUT2D eigenvalue weighted by Gasteiger charge is -2.14. The van der Waals surface area contributed by atoms with Crippen LogP contribution in [-0.4, -0.2) is 38.2 Å². The molecule has 0 aromatic heterocycles. The third-order valence-corrected chi connectivity index (χ3v) is 5.14. The highest BCUT2D eigenvalue weighted by Crippen LogP contribution is 2.44. The van der Waals surface area contributed by atoms with Crippen molar-refractivity contribution in [1.82, 2.24) is 10.6 Å². The number of rotatable bonds is 8. The summed E-state index contributed by atoms with van der Waals surface area (Å²) in [5.41, 5.74) is 10.5. The number of ether oxygens (including phenoxy) is 1. The van der Waals surface area contributed by atoms with Crippen LogP contribution >= 0.6 is 0 Å². The third kappa shape index (κ3) is 4.51. The molecule has 3 rings (SSSR count). The molecule has 6 nitrogen and oxygen atoms in total. The second kappa shape index (κ2) is 9.37. The van der Waals surface area contributed by atoms with E-state index >= 15 is 0 Å². The Hall–Kier alpha value is -2.86. The van der Waals surface area contributed by atoms with Crippen LogP contribution in [-0.2, 0) is 9.53 Å². The summed E-state index contributed by atoms with van der Waals surface area (Å²) >= 11 is 0. The average molecular weight is 381 g/mol. The number of nitrogens with two attached hydrogens (primary N) is 1. The standard InChI is InChI=1S/C22H27N3O3/c1-24-21(26)20(23)12-6-7-13-25-22(27)28-14-19-17-10-4-2-8-15(17)16-9-3-5-11-18(16)19/h2-5,8-11,19-20H,6-7,12-14,23H2,1H3,(H,24,26)(H,25,27). The number of hydrogen-bond donors (Lipinski definition) is 3. The number of carbonyl (C=O) groups is 2. The van der Waals surface area contributed by atoms with E-state index in [9.17, 15) is 9.59 Å². The van der Waals surface area contributed by atoms with Crippen molar-refractivity contribution < 1.29 is 14.3 Å². The van der Waals surface area contributed by atoms with Crippen LogP contribution in [0.5, 0.6) is 0 Å². The Kier molecular flexibility index (Phi) is 6.66. The molecule has 1 unspecified atom stereocenters. The van der Waals surface area contributed by atoms with Crippen LogP contribution in [0.1, 0.15) is 36.3 Å². The van der Waals surface area contributed by atoms with Crippen molar-refractivity contribution in [2.45, 2.75) is 31.2 Å². The number of benzene rings is 2. The highest BCUT2D eigenvalue weighted by molar-refractivity contribution is 5.81. The third-order valence-electron chi connectivity index (χ3n) is 5.14. The molecule has 6 heteroatoms. The number of carbonyl (C=O) groups excluding carboxylic acids is 2.